The van der Waals surface area contributed by atoms with Crippen LogP contribution >= 0.6 is 23.4 Å². The van der Waals surface area contributed by atoms with Crippen LogP contribution in [0.3, 0.4) is 0 Å². The van der Waals surface area contributed by atoms with E-state index in [4.69, 9.17) is 11.6 Å². The molecule has 40 heavy (non-hydrogen) atoms. The van der Waals surface area contributed by atoms with Gasteiger partial charge in [-0.25, -0.2) is 0 Å². The number of nitrogens with zero attached hydrogens (tertiary/aromatic N) is 3. The number of hydrogen-bond donors (Lipinski definition) is 1. The molecule has 218 valence electrons. The average Bonchev–Trinajstić information content (AvgIpc) is 3.55. The number of amides is 3. The van der Waals surface area contributed by atoms with Gasteiger partial charge < -0.3 is 19.8 Å². The molecule has 0 aromatic heterocycles. The highest BCUT2D eigenvalue weighted by Crippen LogP contribution is 2.67. The highest BCUT2D eigenvalue weighted by molar-refractivity contribution is 8.02. The standard InChI is InChI=1S/C31H42ClN3O4S/c1-7-15-33(16-8-2)28(37)24-23-13-14-31(40-23)25(24)29(38)35(22(18-36)19(4)5)27(31)30(39)34(17-9-3)26-20(6)11-10-12-21(26)32/h7,9-12,19,22-25,27,36H,1,3,8,13-18H2,2,4-6H3/t22-,23+,24-,25-,27?,31?/m0/s1. The fourth-order valence-electron chi connectivity index (χ4n) is 7.09. The predicted octanol–water partition coefficient (Wildman–Crippen LogP) is 4.70. The van der Waals surface area contributed by atoms with Crippen molar-refractivity contribution < 1.29 is 19.5 Å². The number of aliphatic hydroxyl groups excluding tert-OH is 1. The lowest BCUT2D eigenvalue weighted by Gasteiger charge is -2.41. The summed E-state index contributed by atoms with van der Waals surface area (Å²) in [5.74, 6) is -1.73. The number of fused-ring (bicyclic) bond motifs is 1. The number of hydrogen-bond acceptors (Lipinski definition) is 5. The molecule has 3 fully saturated rings. The second kappa shape index (κ2) is 12.3. The van der Waals surface area contributed by atoms with Crippen LogP contribution in [0.2, 0.25) is 5.02 Å². The zero-order valence-corrected chi connectivity index (χ0v) is 25.6. The molecule has 3 aliphatic heterocycles. The van der Waals surface area contributed by atoms with E-state index in [1.807, 2.05) is 39.8 Å². The second-order valence-corrected chi connectivity index (χ2v) is 13.5. The predicted molar refractivity (Wildman–Crippen MR) is 162 cm³/mol. The van der Waals surface area contributed by atoms with E-state index in [0.717, 1.165) is 18.4 Å². The van der Waals surface area contributed by atoms with Crippen molar-refractivity contribution in [3.05, 3.63) is 54.1 Å². The molecule has 2 bridgehead atoms. The molecular formula is C31H42ClN3O4S. The third kappa shape index (κ3) is 4.90. The largest absolute Gasteiger partial charge is 0.394 e. The maximum atomic E-state index is 14.8. The highest BCUT2D eigenvalue weighted by Gasteiger charge is 2.74. The first-order valence-electron chi connectivity index (χ1n) is 14.3. The van der Waals surface area contributed by atoms with Crippen LogP contribution in [0, 0.1) is 24.7 Å². The van der Waals surface area contributed by atoms with Crippen LogP contribution in [0.4, 0.5) is 5.69 Å². The van der Waals surface area contributed by atoms with Gasteiger partial charge in [-0.3, -0.25) is 14.4 Å². The zero-order chi connectivity index (χ0) is 29.4. The third-order valence-electron chi connectivity index (χ3n) is 8.76. The molecule has 7 nitrogen and oxygen atoms in total. The van der Waals surface area contributed by atoms with Gasteiger partial charge in [-0.05, 0) is 43.7 Å². The second-order valence-electron chi connectivity index (χ2n) is 11.5. The van der Waals surface area contributed by atoms with E-state index >= 15 is 0 Å². The summed E-state index contributed by atoms with van der Waals surface area (Å²) < 4.78 is -0.762. The van der Waals surface area contributed by atoms with E-state index in [1.54, 1.807) is 44.7 Å². The van der Waals surface area contributed by atoms with Crippen LogP contribution in [0.15, 0.2) is 43.5 Å². The summed E-state index contributed by atoms with van der Waals surface area (Å²) in [6, 6.07) is 4.10. The quantitative estimate of drug-likeness (QED) is 0.359. The number of benzene rings is 1. The lowest BCUT2D eigenvalue weighted by molar-refractivity contribution is -0.146. The van der Waals surface area contributed by atoms with E-state index in [-0.39, 0.29) is 42.0 Å². The molecule has 0 radical (unpaired) electrons. The topological polar surface area (TPSA) is 81.2 Å². The highest BCUT2D eigenvalue weighted by atomic mass is 35.5. The Kier molecular flexibility index (Phi) is 9.42. The minimum Gasteiger partial charge on any atom is -0.394 e. The minimum atomic E-state index is -0.841. The van der Waals surface area contributed by atoms with Crippen LogP contribution in [-0.2, 0) is 14.4 Å². The van der Waals surface area contributed by atoms with Gasteiger partial charge in [0, 0.05) is 24.9 Å². The molecule has 1 aromatic carbocycles. The van der Waals surface area contributed by atoms with Crippen molar-refractivity contribution in [2.75, 3.05) is 31.1 Å². The van der Waals surface area contributed by atoms with Crippen molar-refractivity contribution in [2.24, 2.45) is 17.8 Å². The first kappa shape index (κ1) is 30.7. The van der Waals surface area contributed by atoms with E-state index in [1.165, 1.54) is 0 Å². The van der Waals surface area contributed by atoms with Gasteiger partial charge in [-0.1, -0.05) is 56.7 Å². The molecule has 6 atom stereocenters. The number of likely N-dealkylation sites (tertiary alicyclic amines) is 1. The first-order valence-corrected chi connectivity index (χ1v) is 15.5. The monoisotopic (exact) mass is 587 g/mol. The number of halogens is 1. The van der Waals surface area contributed by atoms with Crippen LogP contribution in [0.1, 0.15) is 45.6 Å². The molecule has 1 N–H and O–H groups in total. The number of aliphatic hydroxyl groups is 1. The van der Waals surface area contributed by atoms with Crippen molar-refractivity contribution in [1.82, 2.24) is 9.80 Å². The van der Waals surface area contributed by atoms with Crippen LogP contribution in [0.5, 0.6) is 0 Å². The lowest BCUT2D eigenvalue weighted by atomic mass is 9.70. The van der Waals surface area contributed by atoms with Gasteiger partial charge in [0.1, 0.15) is 6.04 Å². The summed E-state index contributed by atoms with van der Waals surface area (Å²) in [7, 11) is 0. The van der Waals surface area contributed by atoms with Gasteiger partial charge in [0.15, 0.2) is 0 Å². The third-order valence-corrected chi connectivity index (χ3v) is 11.0. The molecule has 1 aromatic rings. The van der Waals surface area contributed by atoms with E-state index in [9.17, 15) is 19.5 Å². The maximum absolute atomic E-state index is 14.8. The van der Waals surface area contributed by atoms with Gasteiger partial charge in [-0.2, -0.15) is 0 Å². The molecule has 3 amide bonds. The Morgan fingerprint density at radius 1 is 1.25 bits per heavy atom. The minimum absolute atomic E-state index is 0.0374. The number of aryl methyl sites for hydroxylation is 1. The molecule has 3 aliphatic rings. The number of carbonyl (C=O) groups excluding carboxylic acids is 3. The molecular weight excluding hydrogens is 546 g/mol. The number of anilines is 1. The molecule has 9 heteroatoms. The van der Waals surface area contributed by atoms with Crippen molar-refractivity contribution in [3.63, 3.8) is 0 Å². The van der Waals surface area contributed by atoms with Gasteiger partial charge in [0.05, 0.1) is 39.9 Å². The lowest BCUT2D eigenvalue weighted by Crippen LogP contribution is -2.58. The Hall–Kier alpha value is -2.29. The summed E-state index contributed by atoms with van der Waals surface area (Å²) in [6.45, 7) is 16.5. The summed E-state index contributed by atoms with van der Waals surface area (Å²) in [4.78, 5) is 48.4. The molecule has 3 heterocycles. The number of rotatable bonds is 12. The van der Waals surface area contributed by atoms with E-state index in [0.29, 0.717) is 30.2 Å². The first-order chi connectivity index (χ1) is 19.1. The Morgan fingerprint density at radius 2 is 1.95 bits per heavy atom. The fraction of sp³-hybridized carbons (Fsp3) is 0.581. The van der Waals surface area contributed by atoms with Crippen molar-refractivity contribution in [3.8, 4) is 0 Å². The summed E-state index contributed by atoms with van der Waals surface area (Å²) >= 11 is 8.29. The summed E-state index contributed by atoms with van der Waals surface area (Å²) in [5.41, 5.74) is 1.43. The van der Waals surface area contributed by atoms with Crippen LogP contribution in [-0.4, -0.2) is 80.9 Å². The Bertz CT molecular complexity index is 1150. The van der Waals surface area contributed by atoms with E-state index < -0.39 is 28.7 Å². The van der Waals surface area contributed by atoms with Crippen LogP contribution in [0.25, 0.3) is 0 Å². The molecule has 1 spiro atoms. The Balaban J connectivity index is 1.85. The summed E-state index contributed by atoms with van der Waals surface area (Å²) in [6.07, 6.45) is 5.60. The number of thioether (sulfide) groups is 1. The normalized spacial score (nSPS) is 27.6. The SMILES string of the molecule is C=CCN(CCC)C(=O)[C@@H]1[C@H]2C(=O)N([C@@H](CO)C(C)C)C(C(=O)N(CC=C)c3c(C)cccc3Cl)C23CC[C@H]1S3. The van der Waals surface area contributed by atoms with Crippen molar-refractivity contribution >= 4 is 46.8 Å². The van der Waals surface area contributed by atoms with Gasteiger partial charge >= 0.3 is 0 Å². The van der Waals surface area contributed by atoms with Gasteiger partial charge in [0.2, 0.25) is 11.8 Å². The molecule has 0 saturated carbocycles. The molecule has 3 saturated heterocycles. The van der Waals surface area contributed by atoms with Crippen molar-refractivity contribution in [2.45, 2.75) is 69.0 Å². The Labute approximate surface area is 247 Å². The van der Waals surface area contributed by atoms with E-state index in [2.05, 4.69) is 13.2 Å². The van der Waals surface area contributed by atoms with Gasteiger partial charge in [0.25, 0.3) is 5.91 Å². The zero-order valence-electron chi connectivity index (χ0n) is 24.0. The van der Waals surface area contributed by atoms with Gasteiger partial charge in [-0.15, -0.1) is 24.9 Å². The van der Waals surface area contributed by atoms with Crippen LogP contribution < -0.4 is 4.90 Å². The maximum Gasteiger partial charge on any atom is 0.251 e. The number of carbonyl (C=O) groups is 3. The smallest absolute Gasteiger partial charge is 0.251 e. The molecule has 2 unspecified atom stereocenters. The number of para-hydroxylation sites is 1. The Morgan fingerprint density at radius 3 is 2.52 bits per heavy atom. The fourth-order valence-corrected chi connectivity index (χ4v) is 9.61. The molecule has 4 rings (SSSR count). The van der Waals surface area contributed by atoms with Crippen molar-refractivity contribution in [1.29, 1.82) is 0 Å². The molecule has 0 aliphatic carbocycles. The average molecular weight is 588 g/mol. The summed E-state index contributed by atoms with van der Waals surface area (Å²) in [5, 5.41) is 10.9.